The van der Waals surface area contributed by atoms with Crippen molar-refractivity contribution in [3.05, 3.63) is 29.8 Å². The zero-order chi connectivity index (χ0) is 15.6. The van der Waals surface area contributed by atoms with Gasteiger partial charge in [0, 0.05) is 27.2 Å². The lowest BCUT2D eigenvalue weighted by Crippen LogP contribution is -2.36. The van der Waals surface area contributed by atoms with Gasteiger partial charge in [-0.1, -0.05) is 0 Å². The molecule has 1 heterocycles. The van der Waals surface area contributed by atoms with Crippen LogP contribution in [0.1, 0.15) is 18.1 Å². The number of carbonyl (C=O) groups excluding carboxylic acids is 1. The molecule has 2 rings (SSSR count). The van der Waals surface area contributed by atoms with Crippen molar-refractivity contribution < 1.29 is 9.18 Å². The summed E-state index contributed by atoms with van der Waals surface area (Å²) < 4.78 is 15.3. The van der Waals surface area contributed by atoms with E-state index in [-0.39, 0.29) is 17.2 Å². The highest BCUT2D eigenvalue weighted by Crippen LogP contribution is 2.24. The van der Waals surface area contributed by atoms with Crippen molar-refractivity contribution in [1.29, 1.82) is 0 Å². The van der Waals surface area contributed by atoms with E-state index in [4.69, 9.17) is 11.6 Å². The molecule has 0 bridgehead atoms. The Morgan fingerprint density at radius 3 is 2.86 bits per heavy atom. The number of urea groups is 1. The molecule has 1 aromatic heterocycles. The van der Waals surface area contributed by atoms with E-state index in [9.17, 15) is 9.18 Å². The maximum Gasteiger partial charge on any atom is 0.316 e. The molecule has 0 aliphatic rings. The van der Waals surface area contributed by atoms with Gasteiger partial charge < -0.3 is 14.8 Å². The third-order valence-corrected chi connectivity index (χ3v) is 3.31. The second-order valence-electron chi connectivity index (χ2n) is 5.00. The smallest absolute Gasteiger partial charge is 0.316 e. The first-order chi connectivity index (χ1) is 9.90. The molecule has 114 valence electrons. The summed E-state index contributed by atoms with van der Waals surface area (Å²) >= 11 is 6.14. The summed E-state index contributed by atoms with van der Waals surface area (Å²) in [7, 11) is 3.34. The van der Waals surface area contributed by atoms with E-state index in [0.717, 1.165) is 0 Å². The van der Waals surface area contributed by atoms with E-state index in [2.05, 4.69) is 10.3 Å². The van der Waals surface area contributed by atoms with Crippen LogP contribution in [0.2, 0.25) is 0 Å². The highest BCUT2D eigenvalue weighted by atomic mass is 35.5. The van der Waals surface area contributed by atoms with Gasteiger partial charge in [-0.05, 0) is 25.1 Å². The average molecular weight is 313 g/mol. The fourth-order valence-electron chi connectivity index (χ4n) is 2.09. The SMILES string of the molecule is CC(Cl)c1nc2ccc(F)cc2n1CCNC(=O)N(C)C. The van der Waals surface area contributed by atoms with Crippen molar-refractivity contribution in [2.75, 3.05) is 20.6 Å². The molecule has 21 heavy (non-hydrogen) atoms. The second-order valence-corrected chi connectivity index (χ2v) is 5.65. The molecule has 0 fully saturated rings. The Balaban J connectivity index is 2.26. The fraction of sp³-hybridized carbons (Fsp3) is 0.429. The number of amides is 2. The maximum atomic E-state index is 13.4. The molecule has 0 saturated heterocycles. The van der Waals surface area contributed by atoms with Crippen LogP contribution in [0.4, 0.5) is 9.18 Å². The van der Waals surface area contributed by atoms with Crippen LogP contribution in [0.3, 0.4) is 0 Å². The first kappa shape index (κ1) is 15.6. The normalized spacial score (nSPS) is 12.4. The van der Waals surface area contributed by atoms with Gasteiger partial charge in [-0.3, -0.25) is 0 Å². The summed E-state index contributed by atoms with van der Waals surface area (Å²) in [6.45, 7) is 2.70. The average Bonchev–Trinajstić information content (AvgIpc) is 2.77. The molecule has 2 aromatic rings. The van der Waals surface area contributed by atoms with Crippen LogP contribution in [0, 0.1) is 5.82 Å². The number of halogens is 2. The number of fused-ring (bicyclic) bond motifs is 1. The van der Waals surface area contributed by atoms with Gasteiger partial charge in [-0.15, -0.1) is 11.6 Å². The Labute approximate surface area is 127 Å². The first-order valence-corrected chi connectivity index (χ1v) is 7.08. The van der Waals surface area contributed by atoms with Crippen molar-refractivity contribution >= 4 is 28.7 Å². The van der Waals surface area contributed by atoms with Crippen LogP contribution in [-0.2, 0) is 6.54 Å². The molecule has 7 heteroatoms. The minimum Gasteiger partial charge on any atom is -0.336 e. The monoisotopic (exact) mass is 312 g/mol. The molecule has 5 nitrogen and oxygen atoms in total. The fourth-order valence-corrected chi connectivity index (χ4v) is 2.25. The van der Waals surface area contributed by atoms with E-state index < -0.39 is 0 Å². The number of nitrogens with zero attached hydrogens (tertiary/aromatic N) is 3. The van der Waals surface area contributed by atoms with Gasteiger partial charge >= 0.3 is 6.03 Å². The molecular weight excluding hydrogens is 295 g/mol. The Bertz CT molecular complexity index is 654. The van der Waals surface area contributed by atoms with Crippen LogP contribution in [0.25, 0.3) is 11.0 Å². The summed E-state index contributed by atoms with van der Waals surface area (Å²) in [6, 6.07) is 4.25. The number of imidazole rings is 1. The molecule has 0 saturated carbocycles. The van der Waals surface area contributed by atoms with Gasteiger partial charge in [-0.25, -0.2) is 14.2 Å². The zero-order valence-corrected chi connectivity index (χ0v) is 13.0. The van der Waals surface area contributed by atoms with Crippen molar-refractivity contribution in [2.24, 2.45) is 0 Å². The van der Waals surface area contributed by atoms with Gasteiger partial charge in [0.15, 0.2) is 0 Å². The highest BCUT2D eigenvalue weighted by molar-refractivity contribution is 6.20. The van der Waals surface area contributed by atoms with E-state index in [0.29, 0.717) is 29.9 Å². The van der Waals surface area contributed by atoms with Crippen LogP contribution in [-0.4, -0.2) is 41.1 Å². The molecule has 1 unspecified atom stereocenters. The van der Waals surface area contributed by atoms with Gasteiger partial charge in [0.1, 0.15) is 11.6 Å². The largest absolute Gasteiger partial charge is 0.336 e. The number of rotatable bonds is 4. The lowest BCUT2D eigenvalue weighted by Gasteiger charge is -2.14. The van der Waals surface area contributed by atoms with E-state index in [1.54, 1.807) is 20.2 Å². The second kappa shape index (κ2) is 6.30. The number of nitrogens with one attached hydrogen (secondary N) is 1. The minimum atomic E-state index is -0.324. The zero-order valence-electron chi connectivity index (χ0n) is 12.2. The molecule has 0 spiro atoms. The van der Waals surface area contributed by atoms with Crippen molar-refractivity contribution in [2.45, 2.75) is 18.8 Å². The van der Waals surface area contributed by atoms with E-state index in [1.165, 1.54) is 17.0 Å². The third kappa shape index (κ3) is 3.44. The predicted octanol–water partition coefficient (Wildman–Crippen LogP) is 2.75. The number of aromatic nitrogens is 2. The Kier molecular flexibility index (Phi) is 4.67. The van der Waals surface area contributed by atoms with Gasteiger partial charge in [-0.2, -0.15) is 0 Å². The predicted molar refractivity (Wildman–Crippen MR) is 81.0 cm³/mol. The molecule has 1 aromatic carbocycles. The standard InChI is InChI=1S/C14H18ClFN4O/c1-9(15)13-18-11-5-4-10(16)8-12(11)20(13)7-6-17-14(21)19(2)3/h4-5,8-9H,6-7H2,1-3H3,(H,17,21). The van der Waals surface area contributed by atoms with Crippen LogP contribution >= 0.6 is 11.6 Å². The number of hydrogen-bond acceptors (Lipinski definition) is 2. The Morgan fingerprint density at radius 2 is 2.24 bits per heavy atom. The minimum absolute atomic E-state index is 0.175. The lowest BCUT2D eigenvalue weighted by molar-refractivity contribution is 0.217. The van der Waals surface area contributed by atoms with Crippen LogP contribution < -0.4 is 5.32 Å². The van der Waals surface area contributed by atoms with Crippen LogP contribution in [0.5, 0.6) is 0 Å². The van der Waals surface area contributed by atoms with Crippen molar-refractivity contribution in [3.63, 3.8) is 0 Å². The van der Waals surface area contributed by atoms with E-state index >= 15 is 0 Å². The molecule has 0 aliphatic heterocycles. The topological polar surface area (TPSA) is 50.2 Å². The summed E-state index contributed by atoms with van der Waals surface area (Å²) in [6.07, 6.45) is 0. The summed E-state index contributed by atoms with van der Waals surface area (Å²) in [4.78, 5) is 17.4. The van der Waals surface area contributed by atoms with Crippen LogP contribution in [0.15, 0.2) is 18.2 Å². The molecule has 0 radical (unpaired) electrons. The quantitative estimate of drug-likeness (QED) is 0.883. The van der Waals surface area contributed by atoms with E-state index in [1.807, 2.05) is 11.5 Å². The lowest BCUT2D eigenvalue weighted by atomic mass is 10.3. The number of carbonyl (C=O) groups is 1. The Morgan fingerprint density at radius 1 is 1.52 bits per heavy atom. The Hall–Kier alpha value is -1.82. The first-order valence-electron chi connectivity index (χ1n) is 6.65. The molecular formula is C14H18ClFN4O. The van der Waals surface area contributed by atoms with Crippen molar-refractivity contribution in [3.8, 4) is 0 Å². The third-order valence-electron chi connectivity index (χ3n) is 3.11. The number of alkyl halides is 1. The highest BCUT2D eigenvalue weighted by Gasteiger charge is 2.15. The molecule has 1 atom stereocenters. The van der Waals surface area contributed by atoms with Gasteiger partial charge in [0.25, 0.3) is 0 Å². The molecule has 1 N–H and O–H groups in total. The summed E-state index contributed by atoms with van der Waals surface area (Å²) in [5.41, 5.74) is 1.37. The van der Waals surface area contributed by atoms with Gasteiger partial charge in [0.05, 0.1) is 16.4 Å². The number of hydrogen-bond donors (Lipinski definition) is 1. The molecule has 0 aliphatic carbocycles. The van der Waals surface area contributed by atoms with Gasteiger partial charge in [0.2, 0.25) is 0 Å². The van der Waals surface area contributed by atoms with Crippen molar-refractivity contribution in [1.82, 2.24) is 19.8 Å². The summed E-state index contributed by atoms with van der Waals surface area (Å²) in [5.74, 6) is 0.339. The maximum absolute atomic E-state index is 13.4. The summed E-state index contributed by atoms with van der Waals surface area (Å²) in [5, 5.41) is 2.47. The number of benzene rings is 1. The molecule has 2 amide bonds.